The molecule has 0 saturated carbocycles. The third kappa shape index (κ3) is 3.51. The number of hydrogen-bond donors (Lipinski definition) is 1. The van der Waals surface area contributed by atoms with Crippen LogP contribution in [0.15, 0.2) is 24.3 Å². The van der Waals surface area contributed by atoms with Crippen molar-refractivity contribution in [3.8, 4) is 0 Å². The molecule has 0 radical (unpaired) electrons. The Bertz CT molecular complexity index is 350. The first-order valence-corrected chi connectivity index (χ1v) is 6.02. The van der Waals surface area contributed by atoms with Gasteiger partial charge in [0, 0.05) is 13.2 Å². The lowest BCUT2D eigenvalue weighted by Gasteiger charge is -2.35. The maximum absolute atomic E-state index is 13.1. The molecule has 0 aliphatic carbocycles. The zero-order valence-electron chi connectivity index (χ0n) is 11.1. The molecule has 1 aromatic rings. The summed E-state index contributed by atoms with van der Waals surface area (Å²) < 4.78 is 18.7. The van der Waals surface area contributed by atoms with Crippen molar-refractivity contribution in [2.45, 2.75) is 38.3 Å². The van der Waals surface area contributed by atoms with Gasteiger partial charge in [-0.15, -0.1) is 0 Å². The van der Waals surface area contributed by atoms with Crippen molar-refractivity contribution in [3.05, 3.63) is 35.6 Å². The molecule has 2 unspecified atom stereocenters. The van der Waals surface area contributed by atoms with Crippen LogP contribution in [0.25, 0.3) is 0 Å². The van der Waals surface area contributed by atoms with E-state index in [-0.39, 0.29) is 17.5 Å². The number of nitrogens with one attached hydrogen (secondary N) is 1. The summed E-state index contributed by atoms with van der Waals surface area (Å²) in [6.07, 6.45) is 1.66. The second-order valence-electron chi connectivity index (χ2n) is 4.55. The molecule has 1 N–H and O–H groups in total. The molecule has 0 aromatic heterocycles. The molecule has 3 heteroatoms. The number of halogens is 1. The molecule has 0 amide bonds. The van der Waals surface area contributed by atoms with Crippen molar-refractivity contribution in [2.24, 2.45) is 0 Å². The molecule has 0 bridgehead atoms. The average molecular weight is 239 g/mol. The van der Waals surface area contributed by atoms with Crippen molar-refractivity contribution in [1.82, 2.24) is 5.32 Å². The molecule has 0 spiro atoms. The maximum Gasteiger partial charge on any atom is 0.123 e. The van der Waals surface area contributed by atoms with E-state index in [4.69, 9.17) is 4.74 Å². The highest BCUT2D eigenvalue weighted by Crippen LogP contribution is 2.22. The molecule has 0 fully saturated rings. The Morgan fingerprint density at radius 1 is 1.47 bits per heavy atom. The average Bonchev–Trinajstić information content (AvgIpc) is 2.35. The standard InChI is InChI=1S/C14H22FNO/c1-5-14(2,17-4)13(16-3)10-11-7-6-8-12(15)9-11/h6-9,13,16H,5,10H2,1-4H3. The second-order valence-corrected chi connectivity index (χ2v) is 4.55. The molecule has 0 aliphatic rings. The monoisotopic (exact) mass is 239 g/mol. The topological polar surface area (TPSA) is 21.3 Å². The van der Waals surface area contributed by atoms with E-state index < -0.39 is 0 Å². The van der Waals surface area contributed by atoms with Crippen LogP contribution in [0.1, 0.15) is 25.8 Å². The zero-order valence-corrected chi connectivity index (χ0v) is 11.1. The highest BCUT2D eigenvalue weighted by atomic mass is 19.1. The summed E-state index contributed by atoms with van der Waals surface area (Å²) in [5, 5.41) is 3.26. The zero-order chi connectivity index (χ0) is 12.9. The van der Waals surface area contributed by atoms with Gasteiger partial charge in [0.1, 0.15) is 5.82 Å². The third-order valence-corrected chi connectivity index (χ3v) is 3.58. The molecule has 0 saturated heterocycles. The number of rotatable bonds is 6. The minimum absolute atomic E-state index is 0.166. The molecular formula is C14H22FNO. The van der Waals surface area contributed by atoms with E-state index in [0.29, 0.717) is 0 Å². The van der Waals surface area contributed by atoms with Gasteiger partial charge < -0.3 is 10.1 Å². The van der Waals surface area contributed by atoms with Crippen LogP contribution in [-0.4, -0.2) is 25.8 Å². The van der Waals surface area contributed by atoms with E-state index in [2.05, 4.69) is 19.2 Å². The van der Waals surface area contributed by atoms with Crippen molar-refractivity contribution in [2.75, 3.05) is 14.2 Å². The smallest absolute Gasteiger partial charge is 0.123 e. The SMILES string of the molecule is CCC(C)(OC)C(Cc1cccc(F)c1)NC. The molecular weight excluding hydrogens is 217 g/mol. The summed E-state index contributed by atoms with van der Waals surface area (Å²) in [5.41, 5.74) is 0.752. The van der Waals surface area contributed by atoms with Gasteiger partial charge in [-0.25, -0.2) is 4.39 Å². The Hall–Kier alpha value is -0.930. The molecule has 96 valence electrons. The highest BCUT2D eigenvalue weighted by molar-refractivity contribution is 5.18. The molecule has 1 aromatic carbocycles. The largest absolute Gasteiger partial charge is 0.377 e. The van der Waals surface area contributed by atoms with Crippen LogP contribution in [-0.2, 0) is 11.2 Å². The lowest BCUT2D eigenvalue weighted by atomic mass is 9.88. The number of hydrogen-bond acceptors (Lipinski definition) is 2. The number of ether oxygens (including phenoxy) is 1. The van der Waals surface area contributed by atoms with Crippen LogP contribution in [0.5, 0.6) is 0 Å². The van der Waals surface area contributed by atoms with E-state index in [1.807, 2.05) is 13.1 Å². The van der Waals surface area contributed by atoms with Gasteiger partial charge in [-0.3, -0.25) is 0 Å². The van der Waals surface area contributed by atoms with Crippen molar-refractivity contribution in [1.29, 1.82) is 0 Å². The van der Waals surface area contributed by atoms with Gasteiger partial charge in [-0.2, -0.15) is 0 Å². The minimum Gasteiger partial charge on any atom is -0.377 e. The molecule has 1 rings (SSSR count). The lowest BCUT2D eigenvalue weighted by molar-refractivity contribution is -0.0268. The molecule has 2 atom stereocenters. The van der Waals surface area contributed by atoms with Crippen LogP contribution >= 0.6 is 0 Å². The quantitative estimate of drug-likeness (QED) is 0.824. The predicted octanol–water partition coefficient (Wildman–Crippen LogP) is 2.77. The minimum atomic E-state index is -0.235. The fourth-order valence-electron chi connectivity index (χ4n) is 2.06. The van der Waals surface area contributed by atoms with E-state index >= 15 is 0 Å². The predicted molar refractivity (Wildman–Crippen MR) is 68.7 cm³/mol. The van der Waals surface area contributed by atoms with Gasteiger partial charge in [0.15, 0.2) is 0 Å². The van der Waals surface area contributed by atoms with Crippen molar-refractivity contribution < 1.29 is 9.13 Å². The Balaban J connectivity index is 2.83. The second kappa shape index (κ2) is 6.12. The van der Waals surface area contributed by atoms with Crippen molar-refractivity contribution >= 4 is 0 Å². The summed E-state index contributed by atoms with van der Waals surface area (Å²) in [4.78, 5) is 0. The van der Waals surface area contributed by atoms with Crippen molar-refractivity contribution in [3.63, 3.8) is 0 Å². The first-order chi connectivity index (χ1) is 8.05. The number of benzene rings is 1. The Kier molecular flexibility index (Phi) is 5.09. The molecule has 0 aliphatic heterocycles. The first-order valence-electron chi connectivity index (χ1n) is 6.02. The van der Waals surface area contributed by atoms with E-state index in [0.717, 1.165) is 18.4 Å². The molecule has 17 heavy (non-hydrogen) atoms. The normalized spacial score (nSPS) is 16.5. The van der Waals surface area contributed by atoms with Gasteiger partial charge in [-0.1, -0.05) is 19.1 Å². The Labute approximate surface area is 103 Å². The van der Waals surface area contributed by atoms with Gasteiger partial charge >= 0.3 is 0 Å². The summed E-state index contributed by atoms with van der Waals surface area (Å²) in [5.74, 6) is -0.187. The highest BCUT2D eigenvalue weighted by Gasteiger charge is 2.31. The fourth-order valence-corrected chi connectivity index (χ4v) is 2.06. The summed E-state index contributed by atoms with van der Waals surface area (Å²) in [6.45, 7) is 4.17. The van der Waals surface area contributed by atoms with Crippen LogP contribution < -0.4 is 5.32 Å². The summed E-state index contributed by atoms with van der Waals surface area (Å²) in [6, 6.07) is 6.90. The summed E-state index contributed by atoms with van der Waals surface area (Å²) >= 11 is 0. The Morgan fingerprint density at radius 2 is 2.18 bits per heavy atom. The van der Waals surface area contributed by atoms with Crippen LogP contribution in [0.2, 0.25) is 0 Å². The van der Waals surface area contributed by atoms with Gasteiger partial charge in [0.2, 0.25) is 0 Å². The van der Waals surface area contributed by atoms with E-state index in [1.54, 1.807) is 19.2 Å². The van der Waals surface area contributed by atoms with E-state index in [9.17, 15) is 4.39 Å². The number of likely N-dealkylation sites (N-methyl/N-ethyl adjacent to an activating group) is 1. The van der Waals surface area contributed by atoms with Crippen LogP contribution in [0.3, 0.4) is 0 Å². The van der Waals surface area contributed by atoms with Crippen LogP contribution in [0.4, 0.5) is 4.39 Å². The Morgan fingerprint density at radius 3 is 2.65 bits per heavy atom. The van der Waals surface area contributed by atoms with Gasteiger partial charge in [0.25, 0.3) is 0 Å². The molecule has 2 nitrogen and oxygen atoms in total. The first kappa shape index (κ1) is 14.1. The van der Waals surface area contributed by atoms with Gasteiger partial charge in [0.05, 0.1) is 5.60 Å². The lowest BCUT2D eigenvalue weighted by Crippen LogP contribution is -2.49. The van der Waals surface area contributed by atoms with Crippen LogP contribution in [0, 0.1) is 5.82 Å². The van der Waals surface area contributed by atoms with Gasteiger partial charge in [-0.05, 0) is 44.5 Å². The third-order valence-electron chi connectivity index (χ3n) is 3.58. The van der Waals surface area contributed by atoms with E-state index in [1.165, 1.54) is 6.07 Å². The summed E-state index contributed by atoms with van der Waals surface area (Å²) in [7, 11) is 3.64. The number of methoxy groups -OCH3 is 1. The molecule has 0 heterocycles. The maximum atomic E-state index is 13.1. The fraction of sp³-hybridized carbons (Fsp3) is 0.571.